The Hall–Kier alpha value is -2.74. The minimum Gasteiger partial charge on any atom is -0.459 e. The second kappa shape index (κ2) is 10.9. The molecule has 1 saturated heterocycles. The van der Waals surface area contributed by atoms with E-state index in [9.17, 15) is 4.79 Å². The molecule has 1 aliphatic heterocycles. The summed E-state index contributed by atoms with van der Waals surface area (Å²) in [7, 11) is 0. The zero-order valence-electron chi connectivity index (χ0n) is 17.8. The van der Waals surface area contributed by atoms with E-state index in [0.29, 0.717) is 11.3 Å². The van der Waals surface area contributed by atoms with Gasteiger partial charge in [-0.3, -0.25) is 0 Å². The van der Waals surface area contributed by atoms with Gasteiger partial charge in [0, 0.05) is 5.75 Å². The molecular formula is C26H24F2O4S. The molecule has 0 radical (unpaired) electrons. The molecule has 1 aliphatic rings. The van der Waals surface area contributed by atoms with Crippen LogP contribution in [0.1, 0.15) is 21.5 Å². The largest absolute Gasteiger partial charge is 0.459 e. The molecule has 1 fully saturated rings. The van der Waals surface area contributed by atoms with Crippen LogP contribution in [-0.2, 0) is 26.6 Å². The highest BCUT2D eigenvalue weighted by Crippen LogP contribution is 2.43. The molecule has 0 amide bonds. The number of rotatable bonds is 9. The van der Waals surface area contributed by atoms with Gasteiger partial charge in [-0.25, -0.2) is 13.6 Å². The number of alkyl halides is 2. The highest BCUT2D eigenvalue weighted by Gasteiger charge is 2.60. The fraction of sp³-hybridized carbons (Fsp3) is 0.269. The van der Waals surface area contributed by atoms with Crippen LogP contribution >= 0.6 is 11.8 Å². The molecule has 1 unspecified atom stereocenters. The first-order valence-electron chi connectivity index (χ1n) is 10.6. The maximum absolute atomic E-state index is 15.4. The standard InChI is InChI=1S/C26H24F2O4S/c27-26(28)22(17-31-24(29)21-14-8-3-9-15-21)32-25(33-18-20-12-6-2-7-13-20)23(26)30-16-19-10-4-1-5-11-19/h1-15,22-23,25H,16-18H2/t22-,23-,25?/m1/s1. The Morgan fingerprint density at radius 1 is 0.879 bits per heavy atom. The smallest absolute Gasteiger partial charge is 0.338 e. The van der Waals surface area contributed by atoms with Gasteiger partial charge < -0.3 is 14.2 Å². The summed E-state index contributed by atoms with van der Waals surface area (Å²) in [5.74, 6) is -3.51. The summed E-state index contributed by atoms with van der Waals surface area (Å²) in [6, 6.07) is 27.0. The van der Waals surface area contributed by atoms with E-state index in [1.807, 2.05) is 60.7 Å². The van der Waals surface area contributed by atoms with Crippen molar-refractivity contribution in [3.63, 3.8) is 0 Å². The van der Waals surface area contributed by atoms with Gasteiger partial charge in [-0.1, -0.05) is 78.9 Å². The number of carbonyl (C=O) groups is 1. The Kier molecular flexibility index (Phi) is 7.75. The topological polar surface area (TPSA) is 44.8 Å². The third-order valence-corrected chi connectivity index (χ3v) is 6.45. The number of thioether (sulfide) groups is 1. The lowest BCUT2D eigenvalue weighted by Gasteiger charge is -2.24. The third kappa shape index (κ3) is 5.99. The van der Waals surface area contributed by atoms with Crippen molar-refractivity contribution >= 4 is 17.7 Å². The fourth-order valence-corrected chi connectivity index (χ4v) is 4.67. The van der Waals surface area contributed by atoms with Crippen LogP contribution in [-0.4, -0.2) is 36.1 Å². The van der Waals surface area contributed by atoms with Crippen molar-refractivity contribution in [1.29, 1.82) is 0 Å². The van der Waals surface area contributed by atoms with Gasteiger partial charge >= 0.3 is 11.9 Å². The van der Waals surface area contributed by atoms with Gasteiger partial charge in [0.05, 0.1) is 12.2 Å². The molecule has 3 aromatic rings. The molecule has 0 bridgehead atoms. The SMILES string of the molecule is O=C(OC[C@H]1OC(SCc2ccccc2)[C@@H](OCc2ccccc2)C1(F)F)c1ccccc1. The number of esters is 1. The van der Waals surface area contributed by atoms with Crippen molar-refractivity contribution in [1.82, 2.24) is 0 Å². The first-order valence-corrected chi connectivity index (χ1v) is 11.7. The fourth-order valence-electron chi connectivity index (χ4n) is 3.48. The van der Waals surface area contributed by atoms with E-state index in [1.165, 1.54) is 11.8 Å². The summed E-state index contributed by atoms with van der Waals surface area (Å²) in [4.78, 5) is 12.2. The Labute approximate surface area is 195 Å². The third-order valence-electron chi connectivity index (χ3n) is 5.26. The van der Waals surface area contributed by atoms with Crippen molar-refractivity contribution in [2.45, 2.75) is 35.9 Å². The summed E-state index contributed by atoms with van der Waals surface area (Å²) < 4.78 is 47.2. The zero-order chi connectivity index (χ0) is 23.1. The van der Waals surface area contributed by atoms with Crippen molar-refractivity contribution < 1.29 is 27.8 Å². The molecule has 3 atom stereocenters. The van der Waals surface area contributed by atoms with Crippen LogP contribution < -0.4 is 0 Å². The van der Waals surface area contributed by atoms with E-state index in [4.69, 9.17) is 14.2 Å². The average molecular weight is 471 g/mol. The maximum Gasteiger partial charge on any atom is 0.338 e. The van der Waals surface area contributed by atoms with Crippen LogP contribution in [0.2, 0.25) is 0 Å². The van der Waals surface area contributed by atoms with Crippen LogP contribution in [0.25, 0.3) is 0 Å². The molecular weight excluding hydrogens is 446 g/mol. The molecule has 4 rings (SSSR count). The van der Waals surface area contributed by atoms with Crippen molar-refractivity contribution in [3.8, 4) is 0 Å². The van der Waals surface area contributed by atoms with Crippen LogP contribution in [0, 0.1) is 0 Å². The predicted molar refractivity (Wildman–Crippen MR) is 123 cm³/mol. The Morgan fingerprint density at radius 2 is 1.45 bits per heavy atom. The molecule has 33 heavy (non-hydrogen) atoms. The van der Waals surface area contributed by atoms with Gasteiger partial charge in [-0.2, -0.15) is 0 Å². The van der Waals surface area contributed by atoms with Gasteiger partial charge in [0.15, 0.2) is 12.2 Å². The molecule has 4 nitrogen and oxygen atoms in total. The van der Waals surface area contributed by atoms with Crippen LogP contribution in [0.15, 0.2) is 91.0 Å². The van der Waals surface area contributed by atoms with E-state index in [1.54, 1.807) is 30.3 Å². The number of ether oxygens (including phenoxy) is 3. The number of benzene rings is 3. The summed E-state index contributed by atoms with van der Waals surface area (Å²) in [6.07, 6.45) is -3.08. The first kappa shape index (κ1) is 23.4. The quantitative estimate of drug-likeness (QED) is 0.374. The molecule has 7 heteroatoms. The molecule has 0 saturated carbocycles. The molecule has 172 valence electrons. The summed E-state index contributed by atoms with van der Waals surface area (Å²) in [5, 5.41) is 0. The minimum atomic E-state index is -3.33. The Bertz CT molecular complexity index is 1020. The second-order valence-corrected chi connectivity index (χ2v) is 8.73. The van der Waals surface area contributed by atoms with Gasteiger partial charge in [0.2, 0.25) is 0 Å². The highest BCUT2D eigenvalue weighted by atomic mass is 32.2. The molecule has 1 heterocycles. The second-order valence-electron chi connectivity index (χ2n) is 7.65. The number of halogens is 2. The van der Waals surface area contributed by atoms with Gasteiger partial charge in [0.1, 0.15) is 12.0 Å². The Morgan fingerprint density at radius 3 is 2.09 bits per heavy atom. The van der Waals surface area contributed by atoms with E-state index in [0.717, 1.165) is 11.1 Å². The average Bonchev–Trinajstić information content (AvgIpc) is 3.10. The predicted octanol–water partition coefficient (Wildman–Crippen LogP) is 5.72. The molecule has 0 aromatic heterocycles. The van der Waals surface area contributed by atoms with Crippen molar-refractivity contribution in [3.05, 3.63) is 108 Å². The van der Waals surface area contributed by atoms with E-state index in [2.05, 4.69) is 0 Å². The van der Waals surface area contributed by atoms with Gasteiger partial charge in [-0.05, 0) is 23.3 Å². The maximum atomic E-state index is 15.4. The van der Waals surface area contributed by atoms with E-state index in [-0.39, 0.29) is 6.61 Å². The highest BCUT2D eigenvalue weighted by molar-refractivity contribution is 7.99. The summed E-state index contributed by atoms with van der Waals surface area (Å²) >= 11 is 1.25. The molecule has 0 N–H and O–H groups in total. The molecule has 0 spiro atoms. The normalized spacial score (nSPS) is 21.6. The number of hydrogen-bond acceptors (Lipinski definition) is 5. The summed E-state index contributed by atoms with van der Waals surface area (Å²) in [6.45, 7) is -0.530. The Balaban J connectivity index is 1.44. The lowest BCUT2D eigenvalue weighted by atomic mass is 10.1. The lowest BCUT2D eigenvalue weighted by molar-refractivity contribution is -0.144. The molecule has 0 aliphatic carbocycles. The van der Waals surface area contributed by atoms with Gasteiger partial charge in [-0.15, -0.1) is 11.8 Å². The number of carbonyl (C=O) groups excluding carboxylic acids is 1. The lowest BCUT2D eigenvalue weighted by Crippen LogP contribution is -2.43. The minimum absolute atomic E-state index is 0.0311. The van der Waals surface area contributed by atoms with Crippen LogP contribution in [0.4, 0.5) is 8.78 Å². The summed E-state index contributed by atoms with van der Waals surface area (Å²) in [5.41, 5.74) is 1.17. The van der Waals surface area contributed by atoms with Gasteiger partial charge in [0.25, 0.3) is 0 Å². The van der Waals surface area contributed by atoms with Crippen LogP contribution in [0.3, 0.4) is 0 Å². The number of hydrogen-bond donors (Lipinski definition) is 0. The van der Waals surface area contributed by atoms with Crippen LogP contribution in [0.5, 0.6) is 0 Å². The zero-order valence-corrected chi connectivity index (χ0v) is 18.6. The molecule has 3 aromatic carbocycles. The first-order chi connectivity index (χ1) is 16.0. The van der Waals surface area contributed by atoms with E-state index >= 15 is 8.78 Å². The monoisotopic (exact) mass is 470 g/mol. The van der Waals surface area contributed by atoms with E-state index < -0.39 is 36.1 Å². The van der Waals surface area contributed by atoms with Crippen molar-refractivity contribution in [2.24, 2.45) is 0 Å². The van der Waals surface area contributed by atoms with Crippen molar-refractivity contribution in [2.75, 3.05) is 6.61 Å².